The zero-order valence-corrected chi connectivity index (χ0v) is 16.5. The average molecular weight is 335 g/mol. The number of piperidine rings is 1. The van der Waals surface area contributed by atoms with Crippen molar-refractivity contribution < 1.29 is 0 Å². The van der Waals surface area contributed by atoms with Gasteiger partial charge in [0.05, 0.1) is 0 Å². The lowest BCUT2D eigenvalue weighted by atomic mass is 9.83. The van der Waals surface area contributed by atoms with Crippen molar-refractivity contribution in [1.82, 2.24) is 9.80 Å². The van der Waals surface area contributed by atoms with Crippen LogP contribution in [0.2, 0.25) is 0 Å². The maximum absolute atomic E-state index is 2.82. The Kier molecular flexibility index (Phi) is 7.46. The lowest BCUT2D eigenvalue weighted by molar-refractivity contribution is 0.0933. The molecule has 3 fully saturated rings. The minimum atomic E-state index is 0.860. The molecule has 0 N–H and O–H groups in total. The largest absolute Gasteiger partial charge is 0.302 e. The van der Waals surface area contributed by atoms with E-state index in [2.05, 4.69) is 23.8 Å². The summed E-state index contributed by atoms with van der Waals surface area (Å²) in [5.74, 6) is 2.88. The summed E-state index contributed by atoms with van der Waals surface area (Å²) in [5.41, 5.74) is 0. The molecule has 0 aromatic carbocycles. The molecule has 3 unspecified atom stereocenters. The molecule has 3 rings (SSSR count). The second-order valence-corrected chi connectivity index (χ2v) is 9.29. The molecule has 0 radical (unpaired) electrons. The van der Waals surface area contributed by atoms with Crippen LogP contribution in [-0.4, -0.2) is 49.1 Å². The summed E-state index contributed by atoms with van der Waals surface area (Å²) in [5, 5.41) is 0. The molecule has 3 atom stereocenters. The van der Waals surface area contributed by atoms with E-state index in [9.17, 15) is 0 Å². The Morgan fingerprint density at radius 2 is 1.38 bits per heavy atom. The minimum absolute atomic E-state index is 0.860. The Morgan fingerprint density at radius 1 is 0.792 bits per heavy atom. The molecule has 0 bridgehead atoms. The summed E-state index contributed by atoms with van der Waals surface area (Å²) < 4.78 is 0. The number of fused-ring (bicyclic) bond motifs is 1. The standard InChI is InChI=1S/C22H42N2/c1-19(20-11-9-7-5-3-4-6-8-10-12-20)17-24-16-14-21-13-15-23(2)22(21)18-24/h19-22H,3-18H2,1-2H3. The SMILES string of the molecule is CC(CN1CCC2CCN(C)C2C1)C1CCCCCCCCCC1. The third-order valence-electron chi connectivity index (χ3n) is 7.48. The summed E-state index contributed by atoms with van der Waals surface area (Å²) in [6, 6.07) is 0.860. The molecule has 2 aliphatic heterocycles. The van der Waals surface area contributed by atoms with Gasteiger partial charge in [0.25, 0.3) is 0 Å². The van der Waals surface area contributed by atoms with E-state index in [0.29, 0.717) is 0 Å². The molecule has 3 aliphatic rings. The van der Waals surface area contributed by atoms with Gasteiger partial charge in [-0.15, -0.1) is 0 Å². The van der Waals surface area contributed by atoms with Gasteiger partial charge in [-0.2, -0.15) is 0 Å². The highest BCUT2D eigenvalue weighted by Crippen LogP contribution is 2.32. The summed E-state index contributed by atoms with van der Waals surface area (Å²) >= 11 is 0. The van der Waals surface area contributed by atoms with E-state index >= 15 is 0 Å². The van der Waals surface area contributed by atoms with Crippen molar-refractivity contribution in [2.75, 3.05) is 33.2 Å². The smallest absolute Gasteiger partial charge is 0.0249 e. The Balaban J connectivity index is 1.47. The molecule has 0 aromatic rings. The third kappa shape index (κ3) is 5.21. The van der Waals surface area contributed by atoms with Crippen LogP contribution in [0.25, 0.3) is 0 Å². The van der Waals surface area contributed by atoms with Gasteiger partial charge in [-0.25, -0.2) is 0 Å². The van der Waals surface area contributed by atoms with Gasteiger partial charge in [0.2, 0.25) is 0 Å². The van der Waals surface area contributed by atoms with Crippen LogP contribution in [-0.2, 0) is 0 Å². The molecular weight excluding hydrogens is 292 g/mol. The Labute approximate surface area is 151 Å². The van der Waals surface area contributed by atoms with Gasteiger partial charge in [0.15, 0.2) is 0 Å². The van der Waals surface area contributed by atoms with Gasteiger partial charge < -0.3 is 9.80 Å². The van der Waals surface area contributed by atoms with Gasteiger partial charge in [-0.3, -0.25) is 0 Å². The van der Waals surface area contributed by atoms with E-state index in [-0.39, 0.29) is 0 Å². The first-order valence-corrected chi connectivity index (χ1v) is 11.2. The van der Waals surface area contributed by atoms with Gasteiger partial charge >= 0.3 is 0 Å². The molecule has 2 heteroatoms. The predicted octanol–water partition coefficient (Wildman–Crippen LogP) is 5.18. The maximum Gasteiger partial charge on any atom is 0.0249 e. The zero-order chi connectivity index (χ0) is 16.8. The Bertz CT molecular complexity index is 344. The summed E-state index contributed by atoms with van der Waals surface area (Å²) in [6.07, 6.45) is 17.8. The predicted molar refractivity (Wildman–Crippen MR) is 104 cm³/mol. The molecule has 140 valence electrons. The lowest BCUT2D eigenvalue weighted by Crippen LogP contribution is -2.48. The van der Waals surface area contributed by atoms with E-state index in [1.807, 2.05) is 0 Å². The van der Waals surface area contributed by atoms with Crippen LogP contribution in [0.15, 0.2) is 0 Å². The van der Waals surface area contributed by atoms with Gasteiger partial charge in [-0.1, -0.05) is 71.1 Å². The van der Waals surface area contributed by atoms with Crippen LogP contribution < -0.4 is 0 Å². The number of likely N-dealkylation sites (tertiary alicyclic amines) is 2. The van der Waals surface area contributed by atoms with Gasteiger partial charge in [0.1, 0.15) is 0 Å². The maximum atomic E-state index is 2.82. The molecular formula is C22H42N2. The van der Waals surface area contributed by atoms with Crippen molar-refractivity contribution in [3.05, 3.63) is 0 Å². The van der Waals surface area contributed by atoms with Crippen LogP contribution in [0.1, 0.15) is 84.0 Å². The number of hydrogen-bond acceptors (Lipinski definition) is 2. The molecule has 2 heterocycles. The molecule has 0 spiro atoms. The van der Waals surface area contributed by atoms with Crippen LogP contribution in [0.3, 0.4) is 0 Å². The van der Waals surface area contributed by atoms with Crippen LogP contribution in [0, 0.1) is 17.8 Å². The fourth-order valence-electron chi connectivity index (χ4n) is 5.73. The van der Waals surface area contributed by atoms with Crippen LogP contribution >= 0.6 is 0 Å². The molecule has 1 saturated carbocycles. The monoisotopic (exact) mass is 334 g/mol. The summed E-state index contributed by atoms with van der Waals surface area (Å²) in [4.78, 5) is 5.45. The Morgan fingerprint density at radius 3 is 2.04 bits per heavy atom. The second kappa shape index (κ2) is 9.57. The van der Waals surface area contributed by atoms with Crippen molar-refractivity contribution in [3.8, 4) is 0 Å². The van der Waals surface area contributed by atoms with E-state index < -0.39 is 0 Å². The molecule has 24 heavy (non-hydrogen) atoms. The zero-order valence-electron chi connectivity index (χ0n) is 16.5. The first-order valence-electron chi connectivity index (χ1n) is 11.2. The van der Waals surface area contributed by atoms with Crippen molar-refractivity contribution in [2.24, 2.45) is 17.8 Å². The molecule has 0 amide bonds. The lowest BCUT2D eigenvalue weighted by Gasteiger charge is -2.39. The quantitative estimate of drug-likeness (QED) is 0.701. The Hall–Kier alpha value is -0.0800. The van der Waals surface area contributed by atoms with Crippen molar-refractivity contribution in [1.29, 1.82) is 0 Å². The molecule has 2 saturated heterocycles. The van der Waals surface area contributed by atoms with E-state index in [1.165, 1.54) is 103 Å². The normalized spacial score (nSPS) is 33.8. The van der Waals surface area contributed by atoms with E-state index in [0.717, 1.165) is 23.8 Å². The van der Waals surface area contributed by atoms with Crippen LogP contribution in [0.4, 0.5) is 0 Å². The van der Waals surface area contributed by atoms with E-state index in [1.54, 1.807) is 0 Å². The molecule has 0 aromatic heterocycles. The summed E-state index contributed by atoms with van der Waals surface area (Å²) in [6.45, 7) is 7.97. The fourth-order valence-corrected chi connectivity index (χ4v) is 5.73. The highest BCUT2D eigenvalue weighted by molar-refractivity contribution is 4.92. The highest BCUT2D eigenvalue weighted by atomic mass is 15.2. The van der Waals surface area contributed by atoms with Gasteiger partial charge in [0, 0.05) is 19.1 Å². The highest BCUT2D eigenvalue weighted by Gasteiger charge is 2.36. The number of rotatable bonds is 3. The van der Waals surface area contributed by atoms with Crippen molar-refractivity contribution in [3.63, 3.8) is 0 Å². The number of hydrogen-bond donors (Lipinski definition) is 0. The molecule has 2 nitrogen and oxygen atoms in total. The molecule has 1 aliphatic carbocycles. The van der Waals surface area contributed by atoms with Gasteiger partial charge in [-0.05, 0) is 50.7 Å². The first-order chi connectivity index (χ1) is 11.7. The average Bonchev–Trinajstić information content (AvgIpc) is 2.92. The van der Waals surface area contributed by atoms with Crippen molar-refractivity contribution >= 4 is 0 Å². The van der Waals surface area contributed by atoms with E-state index in [4.69, 9.17) is 0 Å². The second-order valence-electron chi connectivity index (χ2n) is 9.29. The summed E-state index contributed by atoms with van der Waals surface area (Å²) in [7, 11) is 2.35. The fraction of sp³-hybridized carbons (Fsp3) is 1.00. The first kappa shape index (κ1) is 18.7. The minimum Gasteiger partial charge on any atom is -0.302 e. The van der Waals surface area contributed by atoms with Crippen molar-refractivity contribution in [2.45, 2.75) is 90.0 Å². The topological polar surface area (TPSA) is 6.48 Å². The number of likely N-dealkylation sites (N-methyl/N-ethyl adjacent to an activating group) is 1. The third-order valence-corrected chi connectivity index (χ3v) is 7.48. The number of nitrogens with zero attached hydrogens (tertiary/aromatic N) is 2. The van der Waals surface area contributed by atoms with Crippen LogP contribution in [0.5, 0.6) is 0 Å².